The molecule has 1 aliphatic rings. The van der Waals surface area contributed by atoms with E-state index in [1.807, 2.05) is 0 Å². The molecule has 2 aromatic heterocycles. The van der Waals surface area contributed by atoms with Crippen molar-refractivity contribution in [3.63, 3.8) is 0 Å². The van der Waals surface area contributed by atoms with Crippen LogP contribution in [-0.4, -0.2) is 41.9 Å². The van der Waals surface area contributed by atoms with Crippen LogP contribution in [0.5, 0.6) is 0 Å². The summed E-state index contributed by atoms with van der Waals surface area (Å²) in [6.45, 7) is 0.868. The Hall–Kier alpha value is -1.92. The summed E-state index contributed by atoms with van der Waals surface area (Å²) in [4.78, 5) is 19.0. The van der Waals surface area contributed by atoms with E-state index in [0.29, 0.717) is 12.2 Å². The number of nitrogens with one attached hydrogen (secondary N) is 1. The van der Waals surface area contributed by atoms with Crippen molar-refractivity contribution in [2.24, 2.45) is 0 Å². The van der Waals surface area contributed by atoms with Gasteiger partial charge in [-0.3, -0.25) is 0 Å². The van der Waals surface area contributed by atoms with Crippen LogP contribution in [0.3, 0.4) is 0 Å². The quantitative estimate of drug-likeness (QED) is 0.886. The van der Waals surface area contributed by atoms with E-state index < -0.39 is 5.97 Å². The van der Waals surface area contributed by atoms with Crippen LogP contribution in [0.2, 0.25) is 0 Å². The number of hydrogen-bond donors (Lipinski definition) is 2. The fourth-order valence-electron chi connectivity index (χ4n) is 3.49. The van der Waals surface area contributed by atoms with Gasteiger partial charge >= 0.3 is 5.97 Å². The summed E-state index contributed by atoms with van der Waals surface area (Å²) in [5.41, 5.74) is 3.95. The van der Waals surface area contributed by atoms with Gasteiger partial charge in [-0.2, -0.15) is 0 Å². The van der Waals surface area contributed by atoms with Crippen molar-refractivity contribution in [2.75, 3.05) is 20.8 Å². The van der Waals surface area contributed by atoms with Gasteiger partial charge in [0.25, 0.3) is 0 Å². The Bertz CT molecular complexity index is 708. The highest BCUT2D eigenvalue weighted by Crippen LogP contribution is 2.39. The lowest BCUT2D eigenvalue weighted by molar-refractivity contribution is 0.0685. The molecule has 22 heavy (non-hydrogen) atoms. The lowest BCUT2D eigenvalue weighted by atomic mass is 9.84. The summed E-state index contributed by atoms with van der Waals surface area (Å²) in [6, 6.07) is 0. The first kappa shape index (κ1) is 15.0. The number of carboxylic acid groups (broad SMARTS) is 1. The second-order valence-electron chi connectivity index (χ2n) is 5.67. The summed E-state index contributed by atoms with van der Waals surface area (Å²) in [5, 5.41) is 10.4. The number of carbonyl (C=O) groups is 1. The van der Waals surface area contributed by atoms with E-state index in [2.05, 4.69) is 9.97 Å². The molecule has 6 heteroatoms. The highest BCUT2D eigenvalue weighted by atomic mass is 16.5. The van der Waals surface area contributed by atoms with E-state index in [1.165, 1.54) is 11.3 Å². The normalized spacial score (nSPS) is 17.6. The average Bonchev–Trinajstić information content (AvgIpc) is 2.87. The largest absolute Gasteiger partial charge is 0.477 e. The fourth-order valence-corrected chi connectivity index (χ4v) is 3.49. The monoisotopic (exact) mass is 304 g/mol. The van der Waals surface area contributed by atoms with Crippen molar-refractivity contribution in [3.8, 4) is 0 Å². The number of aromatic nitrogens is 2. The van der Waals surface area contributed by atoms with Crippen molar-refractivity contribution < 1.29 is 19.4 Å². The van der Waals surface area contributed by atoms with E-state index >= 15 is 0 Å². The van der Waals surface area contributed by atoms with E-state index in [-0.39, 0.29) is 18.2 Å². The predicted molar refractivity (Wildman–Crippen MR) is 81.3 cm³/mol. The number of aromatic carboxylic acids is 1. The van der Waals surface area contributed by atoms with Crippen LogP contribution in [0.25, 0.3) is 10.9 Å². The van der Waals surface area contributed by atoms with Crippen molar-refractivity contribution in [2.45, 2.75) is 31.8 Å². The Morgan fingerprint density at radius 2 is 2.27 bits per heavy atom. The molecular formula is C16H20N2O4. The molecule has 6 nitrogen and oxygen atoms in total. The summed E-state index contributed by atoms with van der Waals surface area (Å²) < 4.78 is 10.6. The molecule has 1 unspecified atom stereocenters. The molecule has 1 atom stereocenters. The van der Waals surface area contributed by atoms with Crippen molar-refractivity contribution >= 4 is 16.9 Å². The molecule has 0 saturated heterocycles. The summed E-state index contributed by atoms with van der Waals surface area (Å²) in [7, 11) is 3.26. The first-order valence-electron chi connectivity index (χ1n) is 7.40. The van der Waals surface area contributed by atoms with Gasteiger partial charge in [-0.05, 0) is 24.8 Å². The van der Waals surface area contributed by atoms with Crippen LogP contribution in [0.1, 0.15) is 46.1 Å². The Labute approximate surface area is 128 Å². The van der Waals surface area contributed by atoms with Gasteiger partial charge in [0.1, 0.15) is 0 Å². The Kier molecular flexibility index (Phi) is 4.13. The maximum absolute atomic E-state index is 11.5. The number of ether oxygens (including phenoxy) is 2. The van der Waals surface area contributed by atoms with Crippen LogP contribution in [0, 0.1) is 0 Å². The summed E-state index contributed by atoms with van der Waals surface area (Å²) in [5.74, 6) is -0.745. The maximum atomic E-state index is 11.5. The topological polar surface area (TPSA) is 84.4 Å². The zero-order valence-corrected chi connectivity index (χ0v) is 12.8. The Morgan fingerprint density at radius 3 is 2.95 bits per heavy atom. The molecule has 118 valence electrons. The third-order valence-electron chi connectivity index (χ3n) is 4.31. The van der Waals surface area contributed by atoms with E-state index in [4.69, 9.17) is 9.47 Å². The molecule has 2 N–H and O–H groups in total. The van der Waals surface area contributed by atoms with Crippen LogP contribution in [-0.2, 0) is 22.5 Å². The van der Waals surface area contributed by atoms with Gasteiger partial charge in [-0.15, -0.1) is 0 Å². The van der Waals surface area contributed by atoms with Crippen molar-refractivity contribution in [1.29, 1.82) is 0 Å². The smallest absolute Gasteiger partial charge is 0.354 e. The number of carboxylic acids is 1. The van der Waals surface area contributed by atoms with Crippen LogP contribution < -0.4 is 0 Å². The molecule has 1 aliphatic carbocycles. The molecule has 0 aliphatic heterocycles. The lowest BCUT2D eigenvalue weighted by Gasteiger charge is -2.23. The fraction of sp³-hybridized carbons (Fsp3) is 0.500. The predicted octanol–water partition coefficient (Wildman–Crippen LogP) is 2.47. The number of nitrogens with zero attached hydrogens (tertiary/aromatic N) is 1. The molecule has 0 saturated carbocycles. The molecule has 0 aromatic carbocycles. The third-order valence-corrected chi connectivity index (χ3v) is 4.31. The van der Waals surface area contributed by atoms with Gasteiger partial charge < -0.3 is 19.6 Å². The number of methoxy groups -OCH3 is 2. The van der Waals surface area contributed by atoms with E-state index in [0.717, 1.165) is 30.2 Å². The van der Waals surface area contributed by atoms with E-state index in [9.17, 15) is 9.90 Å². The van der Waals surface area contributed by atoms with Gasteiger partial charge in [-0.1, -0.05) is 0 Å². The highest BCUT2D eigenvalue weighted by molar-refractivity contribution is 5.97. The number of aromatic amines is 1. The summed E-state index contributed by atoms with van der Waals surface area (Å²) >= 11 is 0. The van der Waals surface area contributed by atoms with Crippen molar-refractivity contribution in [3.05, 3.63) is 28.7 Å². The minimum absolute atomic E-state index is 0.0675. The highest BCUT2D eigenvalue weighted by Gasteiger charge is 2.28. The SMILES string of the molecule is COCc1c(C(=O)O)ncc2[nH]c3c(c12)C(COC)CCC3. The van der Waals surface area contributed by atoms with E-state index in [1.54, 1.807) is 20.4 Å². The second-order valence-corrected chi connectivity index (χ2v) is 5.67. The minimum atomic E-state index is -1.02. The summed E-state index contributed by atoms with van der Waals surface area (Å²) in [6.07, 6.45) is 4.73. The molecule has 0 amide bonds. The van der Waals surface area contributed by atoms with Crippen LogP contribution >= 0.6 is 0 Å². The number of hydrogen-bond acceptors (Lipinski definition) is 4. The molecule has 0 radical (unpaired) electrons. The standard InChI is InChI=1S/C16H20N2O4/c1-21-7-9-4-3-5-11-13(9)14-10(8-22-2)15(16(19)20)17-6-12(14)18-11/h6,9,18H,3-5,7-8H2,1-2H3,(H,19,20). The molecule has 0 spiro atoms. The van der Waals surface area contributed by atoms with Gasteiger partial charge in [0.05, 0.1) is 24.9 Å². The van der Waals surface area contributed by atoms with Gasteiger partial charge in [0.15, 0.2) is 5.69 Å². The average molecular weight is 304 g/mol. The van der Waals surface area contributed by atoms with Crippen LogP contribution in [0.15, 0.2) is 6.20 Å². The molecule has 3 rings (SSSR count). The zero-order valence-electron chi connectivity index (χ0n) is 12.8. The number of H-pyrrole nitrogens is 1. The van der Waals surface area contributed by atoms with Gasteiger partial charge in [0, 0.05) is 36.8 Å². The Balaban J connectivity index is 2.27. The maximum Gasteiger partial charge on any atom is 0.354 e. The second kappa shape index (κ2) is 6.06. The van der Waals surface area contributed by atoms with Gasteiger partial charge in [-0.25, -0.2) is 9.78 Å². The number of fused-ring (bicyclic) bond motifs is 3. The molecule has 2 aromatic rings. The Morgan fingerprint density at radius 1 is 1.45 bits per heavy atom. The minimum Gasteiger partial charge on any atom is -0.477 e. The lowest BCUT2D eigenvalue weighted by Crippen LogP contribution is -2.14. The molecule has 2 heterocycles. The number of pyridine rings is 1. The number of aryl methyl sites for hydroxylation is 1. The number of rotatable bonds is 5. The zero-order chi connectivity index (χ0) is 15.7. The van der Waals surface area contributed by atoms with Gasteiger partial charge in [0.2, 0.25) is 0 Å². The molecule has 0 bridgehead atoms. The molecular weight excluding hydrogens is 284 g/mol. The first-order chi connectivity index (χ1) is 10.7. The third kappa shape index (κ3) is 2.38. The van der Waals surface area contributed by atoms with Crippen LogP contribution in [0.4, 0.5) is 0 Å². The first-order valence-corrected chi connectivity index (χ1v) is 7.40. The molecule has 0 fully saturated rings. The van der Waals surface area contributed by atoms with Crippen molar-refractivity contribution in [1.82, 2.24) is 9.97 Å².